The van der Waals surface area contributed by atoms with Gasteiger partial charge in [0.1, 0.15) is 17.3 Å². The minimum atomic E-state index is -0.734. The molecule has 4 rings (SSSR count). The number of hydrogen-bond donors (Lipinski definition) is 1. The summed E-state index contributed by atoms with van der Waals surface area (Å²) in [5, 5.41) is 11.4. The third-order valence-corrected chi connectivity index (χ3v) is 6.74. The third kappa shape index (κ3) is 5.59. The van der Waals surface area contributed by atoms with E-state index in [0.29, 0.717) is 23.7 Å². The Bertz CT molecular complexity index is 1320. The summed E-state index contributed by atoms with van der Waals surface area (Å²) in [5.74, 6) is -0.163. The molecule has 1 atom stereocenters. The van der Waals surface area contributed by atoms with Crippen LogP contribution in [-0.4, -0.2) is 35.4 Å². The predicted octanol–water partition coefficient (Wildman–Crippen LogP) is 6.40. The standard InChI is InChI=1S/C32H35NO5/c1-6-19-38-26-17-11-23(12-18-26)29(34)27-28(22-9-13-24(14-10-22)32(2,3)4)33(31(36)30(27)35)20-21-7-15-25(37-5)16-8-21/h7-18,28,34H,6,19-20H2,1-5H3/b29-27-. The minimum Gasteiger partial charge on any atom is -0.507 e. The van der Waals surface area contributed by atoms with Gasteiger partial charge in [-0.05, 0) is 64.9 Å². The summed E-state index contributed by atoms with van der Waals surface area (Å²) in [7, 11) is 1.59. The van der Waals surface area contributed by atoms with E-state index in [4.69, 9.17) is 9.47 Å². The van der Waals surface area contributed by atoms with Crippen molar-refractivity contribution in [3.8, 4) is 11.5 Å². The molecule has 3 aromatic rings. The maximum atomic E-state index is 13.4. The van der Waals surface area contributed by atoms with Gasteiger partial charge in [-0.2, -0.15) is 0 Å². The molecule has 6 nitrogen and oxygen atoms in total. The molecule has 1 aliphatic rings. The number of ether oxygens (including phenoxy) is 2. The van der Waals surface area contributed by atoms with E-state index in [9.17, 15) is 14.7 Å². The number of carbonyl (C=O) groups is 2. The zero-order chi connectivity index (χ0) is 27.4. The molecule has 0 aromatic heterocycles. The largest absolute Gasteiger partial charge is 0.507 e. The number of amides is 1. The zero-order valence-corrected chi connectivity index (χ0v) is 22.7. The van der Waals surface area contributed by atoms with Crippen LogP contribution in [0.3, 0.4) is 0 Å². The summed E-state index contributed by atoms with van der Waals surface area (Å²) < 4.78 is 10.9. The van der Waals surface area contributed by atoms with Gasteiger partial charge in [-0.1, -0.05) is 64.1 Å². The lowest BCUT2D eigenvalue weighted by molar-refractivity contribution is -0.140. The summed E-state index contributed by atoms with van der Waals surface area (Å²) in [6.45, 7) is 9.22. The zero-order valence-electron chi connectivity index (χ0n) is 22.7. The fourth-order valence-corrected chi connectivity index (χ4v) is 4.57. The third-order valence-electron chi connectivity index (χ3n) is 6.74. The number of carbonyl (C=O) groups excluding carboxylic acids is 2. The SMILES string of the molecule is CCCOc1ccc(/C(O)=C2/C(=O)C(=O)N(Cc3ccc(OC)cc3)C2c2ccc(C(C)(C)C)cc2)cc1. The van der Waals surface area contributed by atoms with Gasteiger partial charge in [0.2, 0.25) is 0 Å². The van der Waals surface area contributed by atoms with Gasteiger partial charge in [0.15, 0.2) is 0 Å². The van der Waals surface area contributed by atoms with Crippen molar-refractivity contribution in [3.63, 3.8) is 0 Å². The van der Waals surface area contributed by atoms with Crippen molar-refractivity contribution in [2.45, 2.75) is 52.1 Å². The lowest BCUT2D eigenvalue weighted by Gasteiger charge is -2.26. The maximum Gasteiger partial charge on any atom is 0.295 e. The summed E-state index contributed by atoms with van der Waals surface area (Å²) in [5.41, 5.74) is 3.22. The Morgan fingerprint density at radius 1 is 0.895 bits per heavy atom. The van der Waals surface area contributed by atoms with Crippen molar-refractivity contribution >= 4 is 17.4 Å². The van der Waals surface area contributed by atoms with Crippen LogP contribution in [-0.2, 0) is 21.5 Å². The topological polar surface area (TPSA) is 76.1 Å². The van der Waals surface area contributed by atoms with Gasteiger partial charge in [-0.3, -0.25) is 9.59 Å². The molecule has 3 aromatic carbocycles. The number of rotatable bonds is 8. The summed E-state index contributed by atoms with van der Waals surface area (Å²) in [6.07, 6.45) is 0.882. The first kappa shape index (κ1) is 27.0. The predicted molar refractivity (Wildman–Crippen MR) is 148 cm³/mol. The van der Waals surface area contributed by atoms with Crippen molar-refractivity contribution in [3.05, 3.63) is 101 Å². The molecule has 0 spiro atoms. The van der Waals surface area contributed by atoms with Gasteiger partial charge in [0, 0.05) is 12.1 Å². The number of benzene rings is 3. The number of aliphatic hydroxyl groups is 1. The number of aliphatic hydroxyl groups excluding tert-OH is 1. The average Bonchev–Trinajstić information content (AvgIpc) is 3.16. The molecule has 198 valence electrons. The minimum absolute atomic E-state index is 0.0506. The van der Waals surface area contributed by atoms with Crippen LogP contribution < -0.4 is 9.47 Å². The molecule has 38 heavy (non-hydrogen) atoms. The van der Waals surface area contributed by atoms with Gasteiger partial charge < -0.3 is 19.5 Å². The summed E-state index contributed by atoms with van der Waals surface area (Å²) in [6, 6.07) is 21.5. The molecule has 1 saturated heterocycles. The van der Waals surface area contributed by atoms with Crippen molar-refractivity contribution in [2.75, 3.05) is 13.7 Å². The fraction of sp³-hybridized carbons (Fsp3) is 0.312. The number of nitrogens with zero attached hydrogens (tertiary/aromatic N) is 1. The molecule has 0 bridgehead atoms. The van der Waals surface area contributed by atoms with E-state index < -0.39 is 17.7 Å². The van der Waals surface area contributed by atoms with Crippen LogP contribution >= 0.6 is 0 Å². The quantitative estimate of drug-likeness (QED) is 0.214. The molecule has 1 heterocycles. The molecule has 0 aliphatic carbocycles. The number of likely N-dealkylation sites (tertiary alicyclic amines) is 1. The monoisotopic (exact) mass is 513 g/mol. The second-order valence-corrected chi connectivity index (χ2v) is 10.5. The Kier molecular flexibility index (Phi) is 7.91. The lowest BCUT2D eigenvalue weighted by Crippen LogP contribution is -2.29. The highest BCUT2D eigenvalue weighted by Gasteiger charge is 2.46. The van der Waals surface area contributed by atoms with E-state index in [0.717, 1.165) is 23.1 Å². The Hall–Kier alpha value is -4.06. The molecule has 0 radical (unpaired) electrons. The molecular weight excluding hydrogens is 478 g/mol. The van der Waals surface area contributed by atoms with Gasteiger partial charge in [0.25, 0.3) is 11.7 Å². The smallest absolute Gasteiger partial charge is 0.295 e. The first-order valence-corrected chi connectivity index (χ1v) is 12.9. The molecule has 0 saturated carbocycles. The lowest BCUT2D eigenvalue weighted by atomic mass is 9.85. The van der Waals surface area contributed by atoms with E-state index in [-0.39, 0.29) is 23.3 Å². The summed E-state index contributed by atoms with van der Waals surface area (Å²) in [4.78, 5) is 28.3. The van der Waals surface area contributed by atoms with E-state index in [1.54, 1.807) is 31.4 Å². The van der Waals surface area contributed by atoms with Crippen molar-refractivity contribution in [1.29, 1.82) is 0 Å². The van der Waals surface area contributed by atoms with E-state index in [1.165, 1.54) is 4.90 Å². The number of hydrogen-bond acceptors (Lipinski definition) is 5. The normalized spacial score (nSPS) is 17.1. The highest BCUT2D eigenvalue weighted by Crippen LogP contribution is 2.41. The van der Waals surface area contributed by atoms with Crippen LogP contribution in [0.5, 0.6) is 11.5 Å². The molecule has 1 fully saturated rings. The fourth-order valence-electron chi connectivity index (χ4n) is 4.57. The average molecular weight is 514 g/mol. The number of ketones is 1. The molecule has 1 unspecified atom stereocenters. The highest BCUT2D eigenvalue weighted by molar-refractivity contribution is 6.46. The van der Waals surface area contributed by atoms with Crippen molar-refractivity contribution < 1.29 is 24.2 Å². The van der Waals surface area contributed by atoms with E-state index in [1.807, 2.05) is 55.5 Å². The molecule has 1 amide bonds. The van der Waals surface area contributed by atoms with Gasteiger partial charge >= 0.3 is 0 Å². The van der Waals surface area contributed by atoms with Gasteiger partial charge in [0.05, 0.1) is 25.3 Å². The molecule has 6 heteroatoms. The second kappa shape index (κ2) is 11.1. The highest BCUT2D eigenvalue weighted by atomic mass is 16.5. The Balaban J connectivity index is 1.78. The maximum absolute atomic E-state index is 13.4. The van der Waals surface area contributed by atoms with Crippen LogP contribution in [0.1, 0.15) is 62.4 Å². The number of Topliss-reactive ketones (excluding diaryl/α,β-unsaturated/α-hetero) is 1. The van der Waals surface area contributed by atoms with Crippen LogP contribution in [0.25, 0.3) is 5.76 Å². The van der Waals surface area contributed by atoms with E-state index in [2.05, 4.69) is 20.8 Å². The first-order valence-electron chi connectivity index (χ1n) is 12.9. The van der Waals surface area contributed by atoms with Gasteiger partial charge in [-0.25, -0.2) is 0 Å². The van der Waals surface area contributed by atoms with Crippen molar-refractivity contribution in [1.82, 2.24) is 4.90 Å². The Morgan fingerprint density at radius 3 is 2.05 bits per heavy atom. The Labute approximate surface area is 224 Å². The van der Waals surface area contributed by atoms with Crippen LogP contribution in [0.4, 0.5) is 0 Å². The molecule has 1 aliphatic heterocycles. The van der Waals surface area contributed by atoms with Crippen molar-refractivity contribution in [2.24, 2.45) is 0 Å². The molecule has 1 N–H and O–H groups in total. The molecular formula is C32H35NO5. The van der Waals surface area contributed by atoms with Crippen LogP contribution in [0.15, 0.2) is 78.4 Å². The number of methoxy groups -OCH3 is 1. The van der Waals surface area contributed by atoms with Crippen LogP contribution in [0.2, 0.25) is 0 Å². The second-order valence-electron chi connectivity index (χ2n) is 10.5. The van der Waals surface area contributed by atoms with Crippen LogP contribution in [0, 0.1) is 0 Å². The van der Waals surface area contributed by atoms with Gasteiger partial charge in [-0.15, -0.1) is 0 Å². The summed E-state index contributed by atoms with van der Waals surface area (Å²) >= 11 is 0. The Morgan fingerprint density at radius 2 is 1.50 bits per heavy atom. The first-order chi connectivity index (χ1) is 18.1. The van der Waals surface area contributed by atoms with E-state index >= 15 is 0 Å².